The van der Waals surface area contributed by atoms with Gasteiger partial charge in [0.1, 0.15) is 0 Å². The Labute approximate surface area is 154 Å². The Kier molecular flexibility index (Phi) is 4.85. The molecule has 3 heteroatoms. The predicted molar refractivity (Wildman–Crippen MR) is 108 cm³/mol. The highest BCUT2D eigenvalue weighted by molar-refractivity contribution is 9.10. The molecule has 2 aromatic carbocycles. The van der Waals surface area contributed by atoms with Gasteiger partial charge in [-0.25, -0.2) is 0 Å². The van der Waals surface area contributed by atoms with E-state index in [0.29, 0.717) is 12.2 Å². The van der Waals surface area contributed by atoms with Crippen LogP contribution in [0.15, 0.2) is 53.0 Å². The molecule has 1 nitrogen and oxygen atoms in total. The van der Waals surface area contributed by atoms with E-state index in [4.69, 9.17) is 0 Å². The summed E-state index contributed by atoms with van der Waals surface area (Å²) in [5, 5.41) is -0.0837. The van der Waals surface area contributed by atoms with Crippen LogP contribution in [0.2, 0.25) is 18.1 Å². The van der Waals surface area contributed by atoms with Crippen molar-refractivity contribution < 1.29 is 4.79 Å². The Hall–Kier alpha value is -1.19. The van der Waals surface area contributed by atoms with Crippen molar-refractivity contribution in [3.8, 4) is 0 Å². The molecule has 0 saturated carbocycles. The maximum absolute atomic E-state index is 12.9. The topological polar surface area (TPSA) is 17.1 Å². The van der Waals surface area contributed by atoms with Crippen LogP contribution in [0.3, 0.4) is 0 Å². The first kappa shape index (κ1) is 17.6. The third-order valence-electron chi connectivity index (χ3n) is 6.39. The minimum atomic E-state index is -1.72. The summed E-state index contributed by atoms with van der Waals surface area (Å²) < 4.78 is 1.09. The van der Waals surface area contributed by atoms with Gasteiger partial charge < -0.3 is 0 Å². The molecule has 24 heavy (non-hydrogen) atoms. The minimum Gasteiger partial charge on any atom is -0.294 e. The van der Waals surface area contributed by atoms with Crippen LogP contribution in [-0.4, -0.2) is 13.9 Å². The second-order valence-electron chi connectivity index (χ2n) is 6.90. The first-order valence-corrected chi connectivity index (χ1v) is 12.3. The molecular weight excluding hydrogens is 376 g/mol. The van der Waals surface area contributed by atoms with Crippen molar-refractivity contribution in [3.63, 3.8) is 0 Å². The molecule has 0 N–H and O–H groups in total. The maximum atomic E-state index is 12.9. The number of carbonyl (C=O) groups excluding carboxylic acids is 1. The monoisotopic (exact) mass is 400 g/mol. The van der Waals surface area contributed by atoms with Crippen LogP contribution < -0.4 is 0 Å². The number of ketones is 1. The lowest BCUT2D eigenvalue weighted by Crippen LogP contribution is -2.54. The highest BCUT2D eigenvalue weighted by Crippen LogP contribution is 2.54. The molecule has 0 fully saturated rings. The van der Waals surface area contributed by atoms with E-state index >= 15 is 0 Å². The largest absolute Gasteiger partial charge is 0.294 e. The number of fused-ring (bicyclic) bond motifs is 1. The maximum Gasteiger partial charge on any atom is 0.164 e. The Bertz CT molecular complexity index is 740. The van der Waals surface area contributed by atoms with Crippen LogP contribution in [-0.2, 0) is 5.04 Å². The molecule has 1 aliphatic carbocycles. The number of hydrogen-bond donors (Lipinski definition) is 0. The molecule has 1 aliphatic rings. The third-order valence-corrected chi connectivity index (χ3v) is 13.5. The van der Waals surface area contributed by atoms with Crippen LogP contribution >= 0.6 is 15.9 Å². The van der Waals surface area contributed by atoms with E-state index in [2.05, 4.69) is 73.1 Å². The summed E-state index contributed by atoms with van der Waals surface area (Å²) in [6.45, 7) is 7.02. The van der Waals surface area contributed by atoms with E-state index in [-0.39, 0.29) is 5.04 Å². The zero-order chi connectivity index (χ0) is 17.4. The standard InChI is InChI=1S/C21H25BrOSi/c1-4-24(5-2,6-3)21(16-11-13-17(22)14-12-16)15-20(23)18-9-7-8-10-19(18)21/h7-14H,4-6,15H2,1-3H3/t21-/m1/s1. The predicted octanol–water partition coefficient (Wildman–Crippen LogP) is 6.37. The molecule has 3 rings (SSSR count). The number of Topliss-reactive ketones (excluding diaryl/α,β-unsaturated/α-hetero) is 1. The lowest BCUT2D eigenvalue weighted by molar-refractivity contribution is 0.0987. The molecule has 0 amide bonds. The number of benzene rings is 2. The molecule has 0 aromatic heterocycles. The Balaban J connectivity index is 2.36. The fourth-order valence-electron chi connectivity index (χ4n) is 4.96. The molecule has 0 unspecified atom stereocenters. The van der Waals surface area contributed by atoms with Crippen molar-refractivity contribution in [1.29, 1.82) is 0 Å². The van der Waals surface area contributed by atoms with Gasteiger partial charge >= 0.3 is 0 Å². The average molecular weight is 401 g/mol. The molecular formula is C21H25BrOSi. The van der Waals surface area contributed by atoms with Gasteiger partial charge in [-0.1, -0.05) is 91.2 Å². The highest BCUT2D eigenvalue weighted by Gasteiger charge is 2.56. The summed E-state index contributed by atoms with van der Waals surface area (Å²) in [4.78, 5) is 12.9. The third kappa shape index (κ3) is 2.36. The van der Waals surface area contributed by atoms with Gasteiger partial charge in [0.05, 0.1) is 8.07 Å². The van der Waals surface area contributed by atoms with Crippen LogP contribution in [0.1, 0.15) is 48.7 Å². The van der Waals surface area contributed by atoms with Crippen molar-refractivity contribution in [2.24, 2.45) is 0 Å². The van der Waals surface area contributed by atoms with Crippen molar-refractivity contribution >= 4 is 29.8 Å². The zero-order valence-corrected chi connectivity index (χ0v) is 17.3. The summed E-state index contributed by atoms with van der Waals surface area (Å²) in [6, 6.07) is 20.7. The molecule has 2 aromatic rings. The highest BCUT2D eigenvalue weighted by atomic mass is 79.9. The van der Waals surface area contributed by atoms with Gasteiger partial charge in [0, 0.05) is 21.5 Å². The second-order valence-corrected chi connectivity index (χ2v) is 13.3. The number of carbonyl (C=O) groups is 1. The average Bonchev–Trinajstić information content (AvgIpc) is 2.92. The summed E-state index contributed by atoms with van der Waals surface area (Å²) in [7, 11) is -1.72. The fourth-order valence-corrected chi connectivity index (χ4v) is 10.6. The van der Waals surface area contributed by atoms with Crippen LogP contribution in [0.4, 0.5) is 0 Å². The van der Waals surface area contributed by atoms with Gasteiger partial charge in [-0.15, -0.1) is 0 Å². The lowest BCUT2D eigenvalue weighted by atomic mass is 9.91. The summed E-state index contributed by atoms with van der Waals surface area (Å²) in [6.07, 6.45) is 0.649. The van der Waals surface area contributed by atoms with E-state index in [9.17, 15) is 4.79 Å². The van der Waals surface area contributed by atoms with Gasteiger partial charge in [-0.05, 0) is 23.3 Å². The molecule has 0 saturated heterocycles. The van der Waals surface area contributed by atoms with Gasteiger partial charge in [0.2, 0.25) is 0 Å². The SMILES string of the molecule is CC[Si](CC)(CC)[C@@]1(c2ccc(Br)cc2)CC(=O)c2ccccc21. The molecule has 126 valence electrons. The van der Waals surface area contributed by atoms with Gasteiger partial charge in [0.25, 0.3) is 0 Å². The normalized spacial score (nSPS) is 20.2. The summed E-state index contributed by atoms with van der Waals surface area (Å²) in [5.41, 5.74) is 3.57. The minimum absolute atomic E-state index is 0.0837. The Morgan fingerprint density at radius 3 is 2.12 bits per heavy atom. The fraction of sp³-hybridized carbons (Fsp3) is 0.381. The molecule has 0 aliphatic heterocycles. The van der Waals surface area contributed by atoms with Crippen molar-refractivity contribution in [3.05, 3.63) is 69.7 Å². The van der Waals surface area contributed by atoms with Crippen LogP contribution in [0.25, 0.3) is 0 Å². The molecule has 0 radical (unpaired) electrons. The van der Waals surface area contributed by atoms with Gasteiger partial charge in [0.15, 0.2) is 5.78 Å². The van der Waals surface area contributed by atoms with E-state index in [1.165, 1.54) is 29.3 Å². The van der Waals surface area contributed by atoms with Gasteiger partial charge in [-0.2, -0.15) is 0 Å². The Morgan fingerprint density at radius 1 is 0.958 bits per heavy atom. The molecule has 1 atom stereocenters. The summed E-state index contributed by atoms with van der Waals surface area (Å²) in [5.74, 6) is 0.320. The second kappa shape index (κ2) is 6.60. The van der Waals surface area contributed by atoms with Crippen molar-refractivity contribution in [2.45, 2.75) is 50.4 Å². The van der Waals surface area contributed by atoms with Crippen LogP contribution in [0, 0.1) is 0 Å². The van der Waals surface area contributed by atoms with E-state index in [1.54, 1.807) is 0 Å². The van der Waals surface area contributed by atoms with Gasteiger partial charge in [-0.3, -0.25) is 4.79 Å². The molecule has 0 bridgehead atoms. The molecule has 0 spiro atoms. The first-order chi connectivity index (χ1) is 11.5. The number of rotatable bonds is 5. The quantitative estimate of drug-likeness (QED) is 0.532. The smallest absolute Gasteiger partial charge is 0.164 e. The lowest BCUT2D eigenvalue weighted by Gasteiger charge is -2.47. The Morgan fingerprint density at radius 2 is 1.54 bits per heavy atom. The van der Waals surface area contributed by atoms with E-state index in [1.807, 2.05) is 12.1 Å². The van der Waals surface area contributed by atoms with Crippen molar-refractivity contribution in [1.82, 2.24) is 0 Å². The van der Waals surface area contributed by atoms with E-state index in [0.717, 1.165) is 10.0 Å². The molecule has 0 heterocycles. The number of halogens is 1. The zero-order valence-electron chi connectivity index (χ0n) is 14.7. The van der Waals surface area contributed by atoms with Crippen molar-refractivity contribution in [2.75, 3.05) is 0 Å². The number of hydrogen-bond acceptors (Lipinski definition) is 1. The van der Waals surface area contributed by atoms with E-state index < -0.39 is 8.07 Å². The van der Waals surface area contributed by atoms with Crippen LogP contribution in [0.5, 0.6) is 0 Å². The first-order valence-electron chi connectivity index (χ1n) is 8.93. The summed E-state index contributed by atoms with van der Waals surface area (Å²) >= 11 is 3.56.